The Kier molecular flexibility index (Phi) is 4.30. The Bertz CT molecular complexity index is 969. The van der Waals surface area contributed by atoms with E-state index in [1.54, 1.807) is 30.3 Å². The summed E-state index contributed by atoms with van der Waals surface area (Å²) in [5.41, 5.74) is 2.25. The van der Waals surface area contributed by atoms with E-state index < -0.39 is 14.8 Å². The number of carbonyl (C=O) groups excluding carboxylic acids is 1. The van der Waals surface area contributed by atoms with Crippen LogP contribution in [0.5, 0.6) is 0 Å². The monoisotopic (exact) mass is 360 g/mol. The van der Waals surface area contributed by atoms with Gasteiger partial charge in [0.15, 0.2) is 9.84 Å². The summed E-state index contributed by atoms with van der Waals surface area (Å²) in [6.45, 7) is 0.436. The molecule has 3 rings (SSSR count). The first kappa shape index (κ1) is 17.1. The van der Waals surface area contributed by atoms with Crippen molar-refractivity contribution < 1.29 is 18.1 Å². The Labute approximate surface area is 145 Å². The SMILES string of the molecule is CS(=O)(=O)Cc1cccc(C(=O)N2CCc3ccc([N+](=O)[O-])cc32)c1. The highest BCUT2D eigenvalue weighted by Gasteiger charge is 2.27. The number of non-ortho nitro benzene ring substituents is 1. The normalized spacial score (nSPS) is 13.6. The smallest absolute Gasteiger partial charge is 0.271 e. The zero-order chi connectivity index (χ0) is 18.2. The lowest BCUT2D eigenvalue weighted by molar-refractivity contribution is -0.384. The van der Waals surface area contributed by atoms with Crippen molar-refractivity contribution in [3.05, 3.63) is 69.3 Å². The van der Waals surface area contributed by atoms with Gasteiger partial charge in [0.25, 0.3) is 11.6 Å². The number of nitro groups is 1. The molecule has 1 amide bonds. The van der Waals surface area contributed by atoms with Crippen LogP contribution >= 0.6 is 0 Å². The summed E-state index contributed by atoms with van der Waals surface area (Å²) in [6, 6.07) is 11.0. The fourth-order valence-corrected chi connectivity index (χ4v) is 3.73. The van der Waals surface area contributed by atoms with Gasteiger partial charge in [-0.1, -0.05) is 18.2 Å². The average molecular weight is 360 g/mol. The molecule has 7 nitrogen and oxygen atoms in total. The lowest BCUT2D eigenvalue weighted by atomic mass is 10.1. The molecule has 25 heavy (non-hydrogen) atoms. The second-order valence-corrected chi connectivity index (χ2v) is 8.19. The molecule has 2 aromatic rings. The average Bonchev–Trinajstić information content (AvgIpc) is 2.95. The minimum Gasteiger partial charge on any atom is -0.308 e. The van der Waals surface area contributed by atoms with Gasteiger partial charge in [-0.25, -0.2) is 8.42 Å². The Morgan fingerprint density at radius 3 is 2.68 bits per heavy atom. The molecule has 1 heterocycles. The minimum absolute atomic E-state index is 0.0655. The first-order valence-electron chi connectivity index (χ1n) is 7.60. The molecule has 1 aliphatic rings. The molecule has 0 unspecified atom stereocenters. The van der Waals surface area contributed by atoms with E-state index >= 15 is 0 Å². The topological polar surface area (TPSA) is 97.6 Å². The van der Waals surface area contributed by atoms with Gasteiger partial charge in [0.05, 0.1) is 16.4 Å². The van der Waals surface area contributed by atoms with Crippen molar-refractivity contribution in [3.8, 4) is 0 Å². The fourth-order valence-electron chi connectivity index (χ4n) is 2.94. The van der Waals surface area contributed by atoms with Crippen LogP contribution in [0.2, 0.25) is 0 Å². The number of hydrogen-bond donors (Lipinski definition) is 0. The molecule has 0 saturated heterocycles. The van der Waals surface area contributed by atoms with Crippen LogP contribution in [0.4, 0.5) is 11.4 Å². The third-order valence-electron chi connectivity index (χ3n) is 4.02. The molecule has 0 fully saturated rings. The summed E-state index contributed by atoms with van der Waals surface area (Å²) in [5.74, 6) is -0.439. The molecule has 0 aromatic heterocycles. The van der Waals surface area contributed by atoms with Gasteiger partial charge in [-0.05, 0) is 29.7 Å². The fraction of sp³-hybridized carbons (Fsp3) is 0.235. The van der Waals surface area contributed by atoms with Crippen molar-refractivity contribution in [2.45, 2.75) is 12.2 Å². The van der Waals surface area contributed by atoms with Crippen LogP contribution in [-0.4, -0.2) is 32.0 Å². The van der Waals surface area contributed by atoms with Crippen LogP contribution in [0, 0.1) is 10.1 Å². The van der Waals surface area contributed by atoms with E-state index in [4.69, 9.17) is 0 Å². The molecule has 0 bridgehead atoms. The highest BCUT2D eigenvalue weighted by Crippen LogP contribution is 2.32. The number of anilines is 1. The number of rotatable bonds is 4. The molecular formula is C17H16N2O5S. The van der Waals surface area contributed by atoms with Crippen molar-refractivity contribution in [2.75, 3.05) is 17.7 Å². The number of hydrogen-bond acceptors (Lipinski definition) is 5. The van der Waals surface area contributed by atoms with Crippen LogP contribution in [0.25, 0.3) is 0 Å². The maximum Gasteiger partial charge on any atom is 0.271 e. The van der Waals surface area contributed by atoms with Crippen LogP contribution < -0.4 is 4.90 Å². The van der Waals surface area contributed by atoms with Crippen LogP contribution in [-0.2, 0) is 22.0 Å². The third-order valence-corrected chi connectivity index (χ3v) is 4.88. The molecule has 0 N–H and O–H groups in total. The molecule has 0 spiro atoms. The van der Waals surface area contributed by atoms with Crippen molar-refractivity contribution in [1.29, 1.82) is 0 Å². The van der Waals surface area contributed by atoms with Gasteiger partial charge >= 0.3 is 0 Å². The summed E-state index contributed by atoms with van der Waals surface area (Å²) in [4.78, 5) is 24.8. The zero-order valence-electron chi connectivity index (χ0n) is 13.5. The number of benzene rings is 2. The van der Waals surface area contributed by atoms with Crippen molar-refractivity contribution >= 4 is 27.1 Å². The van der Waals surface area contributed by atoms with E-state index in [-0.39, 0.29) is 17.3 Å². The number of sulfone groups is 1. The first-order valence-corrected chi connectivity index (χ1v) is 9.66. The first-order chi connectivity index (χ1) is 11.7. The molecule has 130 valence electrons. The molecule has 1 aliphatic heterocycles. The molecule has 0 radical (unpaired) electrons. The molecule has 2 aromatic carbocycles. The summed E-state index contributed by atoms with van der Waals surface area (Å²) in [6.07, 6.45) is 1.76. The number of amides is 1. The quantitative estimate of drug-likeness (QED) is 0.616. The van der Waals surface area contributed by atoms with E-state index in [0.717, 1.165) is 11.8 Å². The summed E-state index contributed by atoms with van der Waals surface area (Å²) in [5, 5.41) is 11.0. The third kappa shape index (κ3) is 3.69. The summed E-state index contributed by atoms with van der Waals surface area (Å²) < 4.78 is 22.9. The number of nitro benzene ring substituents is 1. The second-order valence-electron chi connectivity index (χ2n) is 6.05. The van der Waals surface area contributed by atoms with Gasteiger partial charge in [-0.2, -0.15) is 0 Å². The Morgan fingerprint density at radius 1 is 1.24 bits per heavy atom. The van der Waals surface area contributed by atoms with Gasteiger partial charge in [0.1, 0.15) is 0 Å². The maximum absolute atomic E-state index is 12.8. The van der Waals surface area contributed by atoms with Crippen molar-refractivity contribution in [2.24, 2.45) is 0 Å². The highest BCUT2D eigenvalue weighted by atomic mass is 32.2. The summed E-state index contributed by atoms with van der Waals surface area (Å²) >= 11 is 0. The molecule has 0 atom stereocenters. The second kappa shape index (κ2) is 6.29. The van der Waals surface area contributed by atoms with Crippen molar-refractivity contribution in [1.82, 2.24) is 0 Å². The standard InChI is InChI=1S/C17H16N2O5S/c1-25(23,24)11-12-3-2-4-14(9-12)17(20)18-8-7-13-5-6-15(19(21)22)10-16(13)18/h2-6,9-10H,7-8,11H2,1H3. The maximum atomic E-state index is 12.8. The largest absolute Gasteiger partial charge is 0.308 e. The molecule has 0 aliphatic carbocycles. The van der Waals surface area contributed by atoms with Gasteiger partial charge in [-0.3, -0.25) is 14.9 Å². The number of fused-ring (bicyclic) bond motifs is 1. The van der Waals surface area contributed by atoms with Crippen LogP contribution in [0.15, 0.2) is 42.5 Å². The van der Waals surface area contributed by atoms with E-state index in [0.29, 0.717) is 29.8 Å². The molecule has 0 saturated carbocycles. The Balaban J connectivity index is 1.92. The Hall–Kier alpha value is -2.74. The van der Waals surface area contributed by atoms with Crippen molar-refractivity contribution in [3.63, 3.8) is 0 Å². The highest BCUT2D eigenvalue weighted by molar-refractivity contribution is 7.89. The lowest BCUT2D eigenvalue weighted by Gasteiger charge is -2.17. The van der Waals surface area contributed by atoms with Gasteiger partial charge < -0.3 is 4.90 Å². The molecule has 8 heteroatoms. The Morgan fingerprint density at radius 2 is 2.00 bits per heavy atom. The van der Waals surface area contributed by atoms with Crippen LogP contribution in [0.3, 0.4) is 0 Å². The number of nitrogens with zero attached hydrogens (tertiary/aromatic N) is 2. The van der Waals surface area contributed by atoms with Gasteiger partial charge in [0, 0.05) is 30.5 Å². The van der Waals surface area contributed by atoms with E-state index in [9.17, 15) is 23.3 Å². The summed E-state index contributed by atoms with van der Waals surface area (Å²) in [7, 11) is -3.20. The van der Waals surface area contributed by atoms with Gasteiger partial charge in [0.2, 0.25) is 0 Å². The molecular weight excluding hydrogens is 344 g/mol. The number of carbonyl (C=O) groups is 1. The van der Waals surface area contributed by atoms with Gasteiger partial charge in [-0.15, -0.1) is 0 Å². The minimum atomic E-state index is -3.20. The zero-order valence-corrected chi connectivity index (χ0v) is 14.3. The van der Waals surface area contributed by atoms with E-state index in [1.807, 2.05) is 0 Å². The van der Waals surface area contributed by atoms with Crippen LogP contribution in [0.1, 0.15) is 21.5 Å². The predicted molar refractivity (Wildman–Crippen MR) is 93.5 cm³/mol. The van der Waals surface area contributed by atoms with E-state index in [2.05, 4.69) is 0 Å². The predicted octanol–water partition coefficient (Wildman–Crippen LogP) is 2.34. The van der Waals surface area contributed by atoms with E-state index in [1.165, 1.54) is 17.0 Å². The lowest BCUT2D eigenvalue weighted by Crippen LogP contribution is -2.29.